The number of aromatic nitrogens is 2. The summed E-state index contributed by atoms with van der Waals surface area (Å²) in [6, 6.07) is 21.2. The lowest BCUT2D eigenvalue weighted by Gasteiger charge is -2.31. The summed E-state index contributed by atoms with van der Waals surface area (Å²) < 4.78 is 16.3. The molecule has 0 radical (unpaired) electrons. The molecular weight excluding hydrogens is 484 g/mol. The summed E-state index contributed by atoms with van der Waals surface area (Å²) in [6.45, 7) is 0.558. The predicted molar refractivity (Wildman–Crippen MR) is 138 cm³/mol. The predicted octanol–water partition coefficient (Wildman–Crippen LogP) is 3.91. The molecule has 0 saturated heterocycles. The van der Waals surface area contributed by atoms with Crippen molar-refractivity contribution in [1.82, 2.24) is 20.2 Å². The highest BCUT2D eigenvalue weighted by Gasteiger charge is 2.33. The molecule has 38 heavy (non-hydrogen) atoms. The maximum Gasteiger partial charge on any atom is 0.275 e. The zero-order valence-corrected chi connectivity index (χ0v) is 20.7. The Bertz CT molecular complexity index is 1400. The Kier molecular flexibility index (Phi) is 7.44. The van der Waals surface area contributed by atoms with Crippen molar-refractivity contribution < 1.29 is 23.8 Å². The van der Waals surface area contributed by atoms with Crippen LogP contribution in [0.3, 0.4) is 0 Å². The summed E-state index contributed by atoms with van der Waals surface area (Å²) in [5.74, 6) is 1.08. The largest absolute Gasteiger partial charge is 0.497 e. The Balaban J connectivity index is 1.53. The summed E-state index contributed by atoms with van der Waals surface area (Å²) in [5, 5.41) is 3.00. The van der Waals surface area contributed by atoms with Gasteiger partial charge in [-0.15, -0.1) is 0 Å². The fraction of sp³-hybridized carbons (Fsp3) is 0.172. The second kappa shape index (κ2) is 11.4. The van der Waals surface area contributed by atoms with Gasteiger partial charge in [0.2, 0.25) is 12.7 Å². The number of amides is 2. The molecule has 9 heteroatoms. The van der Waals surface area contributed by atoms with Gasteiger partial charge in [-0.25, -0.2) is 4.98 Å². The van der Waals surface area contributed by atoms with Crippen LogP contribution in [0.1, 0.15) is 33.2 Å². The first-order valence-corrected chi connectivity index (χ1v) is 12.0. The first kappa shape index (κ1) is 24.8. The van der Waals surface area contributed by atoms with E-state index in [-0.39, 0.29) is 24.9 Å². The second-order valence-electron chi connectivity index (χ2n) is 8.59. The smallest absolute Gasteiger partial charge is 0.275 e. The van der Waals surface area contributed by atoms with Gasteiger partial charge in [0.15, 0.2) is 11.5 Å². The molecule has 0 saturated carbocycles. The topological polar surface area (TPSA) is 103 Å². The van der Waals surface area contributed by atoms with E-state index in [9.17, 15) is 9.59 Å². The van der Waals surface area contributed by atoms with E-state index in [0.29, 0.717) is 29.4 Å². The van der Waals surface area contributed by atoms with E-state index in [1.165, 1.54) is 23.5 Å². The van der Waals surface area contributed by atoms with E-state index in [0.717, 1.165) is 11.1 Å². The summed E-state index contributed by atoms with van der Waals surface area (Å²) in [4.78, 5) is 37.4. The maximum absolute atomic E-state index is 13.9. The van der Waals surface area contributed by atoms with Gasteiger partial charge in [-0.05, 0) is 41.0 Å². The molecule has 1 aliphatic heterocycles. The molecule has 1 aromatic heterocycles. The van der Waals surface area contributed by atoms with E-state index in [4.69, 9.17) is 14.2 Å². The van der Waals surface area contributed by atoms with Crippen LogP contribution in [-0.2, 0) is 17.9 Å². The minimum atomic E-state index is -0.968. The van der Waals surface area contributed by atoms with Gasteiger partial charge >= 0.3 is 0 Å². The van der Waals surface area contributed by atoms with Crippen LogP contribution in [0.4, 0.5) is 0 Å². The number of fused-ring (bicyclic) bond motifs is 1. The van der Waals surface area contributed by atoms with E-state index >= 15 is 0 Å². The Morgan fingerprint density at radius 3 is 2.50 bits per heavy atom. The van der Waals surface area contributed by atoms with E-state index in [1.54, 1.807) is 37.4 Å². The highest BCUT2D eigenvalue weighted by molar-refractivity contribution is 5.96. The number of ether oxygens (including phenoxy) is 3. The Labute approximate surface area is 220 Å². The molecule has 0 unspecified atom stereocenters. The quantitative estimate of drug-likeness (QED) is 0.364. The minimum Gasteiger partial charge on any atom is -0.497 e. The van der Waals surface area contributed by atoms with Crippen molar-refractivity contribution in [3.63, 3.8) is 0 Å². The summed E-state index contributed by atoms with van der Waals surface area (Å²) in [7, 11) is 1.57. The molecule has 4 aromatic rings. The first-order valence-electron chi connectivity index (χ1n) is 12.0. The molecule has 3 aromatic carbocycles. The Morgan fingerprint density at radius 1 is 0.974 bits per heavy atom. The fourth-order valence-electron chi connectivity index (χ4n) is 4.21. The van der Waals surface area contributed by atoms with Gasteiger partial charge in [0, 0.05) is 25.5 Å². The fourth-order valence-corrected chi connectivity index (χ4v) is 4.21. The van der Waals surface area contributed by atoms with Crippen molar-refractivity contribution in [3.05, 3.63) is 114 Å². The average Bonchev–Trinajstić information content (AvgIpc) is 3.45. The molecule has 192 valence electrons. The lowest BCUT2D eigenvalue weighted by molar-refractivity contribution is -0.126. The van der Waals surface area contributed by atoms with Crippen molar-refractivity contribution in [3.8, 4) is 17.2 Å². The molecule has 1 atom stereocenters. The molecule has 9 nitrogen and oxygen atoms in total. The van der Waals surface area contributed by atoms with Gasteiger partial charge in [-0.3, -0.25) is 14.6 Å². The second-order valence-corrected chi connectivity index (χ2v) is 8.59. The Hall–Kier alpha value is -4.92. The summed E-state index contributed by atoms with van der Waals surface area (Å²) in [6.07, 6.45) is 4.33. The molecule has 5 rings (SSSR count). The monoisotopic (exact) mass is 510 g/mol. The van der Waals surface area contributed by atoms with Crippen molar-refractivity contribution in [1.29, 1.82) is 0 Å². The van der Waals surface area contributed by atoms with Crippen LogP contribution >= 0.6 is 0 Å². The SMILES string of the molecule is COc1ccc([C@@H](C(=O)NCc2ccccc2)N(Cc2ccc3c(c2)OCO3)C(=O)c2cnccn2)cc1. The molecule has 0 aliphatic carbocycles. The van der Waals surface area contributed by atoms with Gasteiger partial charge in [0.1, 0.15) is 17.5 Å². The third-order valence-electron chi connectivity index (χ3n) is 6.13. The zero-order chi connectivity index (χ0) is 26.3. The normalized spacial score (nSPS) is 12.4. The molecule has 1 aliphatic rings. The molecule has 0 bridgehead atoms. The van der Waals surface area contributed by atoms with Gasteiger partial charge in [0.25, 0.3) is 5.91 Å². The molecular formula is C29H26N4O5. The number of hydrogen-bond acceptors (Lipinski definition) is 7. The number of nitrogens with one attached hydrogen (secondary N) is 1. The van der Waals surface area contributed by atoms with Crippen molar-refractivity contribution in [2.45, 2.75) is 19.1 Å². The number of hydrogen-bond donors (Lipinski definition) is 1. The van der Waals surface area contributed by atoms with Crippen molar-refractivity contribution in [2.75, 3.05) is 13.9 Å². The summed E-state index contributed by atoms with van der Waals surface area (Å²) in [5.41, 5.74) is 2.45. The van der Waals surface area contributed by atoms with E-state index in [2.05, 4.69) is 15.3 Å². The first-order chi connectivity index (χ1) is 18.6. The van der Waals surface area contributed by atoms with Crippen molar-refractivity contribution in [2.24, 2.45) is 0 Å². The molecule has 2 amide bonds. The standard InChI is InChI=1S/C29H26N4O5/c1-36-23-10-8-22(9-11-23)27(28(34)32-16-20-5-3-2-4-6-20)33(29(35)24-17-30-13-14-31-24)18-21-7-12-25-26(15-21)38-19-37-25/h2-15,17,27H,16,18-19H2,1H3,(H,32,34)/t27-/m0/s1. The highest BCUT2D eigenvalue weighted by Crippen LogP contribution is 2.34. The Morgan fingerprint density at radius 2 is 1.76 bits per heavy atom. The van der Waals surface area contributed by atoms with Crippen LogP contribution in [0, 0.1) is 0 Å². The highest BCUT2D eigenvalue weighted by atomic mass is 16.7. The lowest BCUT2D eigenvalue weighted by Crippen LogP contribution is -2.43. The average molecular weight is 511 g/mol. The number of rotatable bonds is 9. The van der Waals surface area contributed by atoms with Crippen LogP contribution in [0.15, 0.2) is 91.4 Å². The number of benzene rings is 3. The van der Waals surface area contributed by atoms with Gasteiger partial charge in [-0.1, -0.05) is 48.5 Å². The molecule has 2 heterocycles. The van der Waals surface area contributed by atoms with Crippen LogP contribution < -0.4 is 19.5 Å². The minimum absolute atomic E-state index is 0.113. The number of methoxy groups -OCH3 is 1. The lowest BCUT2D eigenvalue weighted by atomic mass is 10.0. The molecule has 0 fully saturated rings. The number of nitrogens with zero attached hydrogens (tertiary/aromatic N) is 3. The third-order valence-corrected chi connectivity index (χ3v) is 6.13. The van der Waals surface area contributed by atoms with Gasteiger partial charge in [0.05, 0.1) is 13.3 Å². The molecule has 1 N–H and O–H groups in total. The van der Waals surface area contributed by atoms with E-state index in [1.807, 2.05) is 42.5 Å². The van der Waals surface area contributed by atoms with Crippen molar-refractivity contribution >= 4 is 11.8 Å². The maximum atomic E-state index is 13.9. The summed E-state index contributed by atoms with van der Waals surface area (Å²) >= 11 is 0. The zero-order valence-electron chi connectivity index (χ0n) is 20.7. The third kappa shape index (κ3) is 5.57. The van der Waals surface area contributed by atoms with Crippen LogP contribution in [-0.4, -0.2) is 40.6 Å². The van der Waals surface area contributed by atoms with Crippen LogP contribution in [0.2, 0.25) is 0 Å². The number of carbonyl (C=O) groups excluding carboxylic acids is 2. The number of carbonyl (C=O) groups is 2. The van der Waals surface area contributed by atoms with Crippen LogP contribution in [0.5, 0.6) is 17.2 Å². The van der Waals surface area contributed by atoms with E-state index < -0.39 is 11.9 Å². The van der Waals surface area contributed by atoms with Crippen LogP contribution in [0.25, 0.3) is 0 Å². The molecule has 0 spiro atoms. The van der Waals surface area contributed by atoms with Gasteiger partial charge < -0.3 is 24.4 Å². The van der Waals surface area contributed by atoms with Gasteiger partial charge in [-0.2, -0.15) is 0 Å².